The standard InChI is InChI=1S/C26H21F2N3O/c27-21-8-4-17(5-9-21)16-20-2-1-3-23-24(20)30-31(26(32)19-12-14-29-15-13-19)25(23)18-6-10-22(28)11-7-18/h4-16,23,25H,1-3H2/b20-16-/t23-,25-/m1/s1. The van der Waals surface area contributed by atoms with Gasteiger partial charge in [-0.2, -0.15) is 5.10 Å². The highest BCUT2D eigenvalue weighted by molar-refractivity contribution is 6.09. The van der Waals surface area contributed by atoms with Crippen molar-refractivity contribution in [1.82, 2.24) is 9.99 Å². The van der Waals surface area contributed by atoms with Crippen molar-refractivity contribution >= 4 is 17.7 Å². The minimum Gasteiger partial charge on any atom is -0.267 e. The van der Waals surface area contributed by atoms with Crippen molar-refractivity contribution in [3.05, 3.63) is 107 Å². The van der Waals surface area contributed by atoms with E-state index in [4.69, 9.17) is 5.10 Å². The molecule has 0 N–H and O–H groups in total. The molecule has 5 rings (SSSR count). The van der Waals surface area contributed by atoms with E-state index in [1.54, 1.807) is 48.8 Å². The second-order valence-electron chi connectivity index (χ2n) is 8.09. The van der Waals surface area contributed by atoms with E-state index in [1.807, 2.05) is 6.08 Å². The summed E-state index contributed by atoms with van der Waals surface area (Å²) < 4.78 is 26.9. The topological polar surface area (TPSA) is 45.6 Å². The number of allylic oxidation sites excluding steroid dienone is 1. The van der Waals surface area contributed by atoms with Crippen molar-refractivity contribution in [2.24, 2.45) is 11.0 Å². The van der Waals surface area contributed by atoms with Gasteiger partial charge in [0.15, 0.2) is 0 Å². The second kappa shape index (κ2) is 8.46. The molecule has 4 nitrogen and oxygen atoms in total. The molecule has 0 saturated heterocycles. The number of benzene rings is 2. The summed E-state index contributed by atoms with van der Waals surface area (Å²) in [7, 11) is 0. The summed E-state index contributed by atoms with van der Waals surface area (Å²) in [6, 6.07) is 15.6. The highest BCUT2D eigenvalue weighted by atomic mass is 19.1. The van der Waals surface area contributed by atoms with Crippen molar-refractivity contribution in [2.75, 3.05) is 0 Å². The minimum atomic E-state index is -0.319. The molecule has 1 saturated carbocycles. The first-order valence-corrected chi connectivity index (χ1v) is 10.6. The van der Waals surface area contributed by atoms with Gasteiger partial charge in [-0.25, -0.2) is 13.8 Å². The third-order valence-corrected chi connectivity index (χ3v) is 6.06. The molecule has 1 aliphatic carbocycles. The molecule has 0 unspecified atom stereocenters. The average molecular weight is 429 g/mol. The van der Waals surface area contributed by atoms with Gasteiger partial charge in [-0.05, 0) is 78.4 Å². The van der Waals surface area contributed by atoms with Crippen LogP contribution in [0.25, 0.3) is 6.08 Å². The van der Waals surface area contributed by atoms with Gasteiger partial charge in [0.05, 0.1) is 11.8 Å². The van der Waals surface area contributed by atoms with E-state index < -0.39 is 0 Å². The molecule has 1 amide bonds. The Hall–Kier alpha value is -3.67. The van der Waals surface area contributed by atoms with Crippen LogP contribution in [0.3, 0.4) is 0 Å². The van der Waals surface area contributed by atoms with Crippen LogP contribution < -0.4 is 0 Å². The Morgan fingerprint density at radius 2 is 1.59 bits per heavy atom. The van der Waals surface area contributed by atoms with Crippen LogP contribution in [-0.4, -0.2) is 21.6 Å². The van der Waals surface area contributed by atoms with E-state index in [0.29, 0.717) is 5.56 Å². The Balaban J connectivity index is 1.57. The largest absolute Gasteiger partial charge is 0.274 e. The Labute approximate surface area is 184 Å². The number of hydrogen-bond donors (Lipinski definition) is 0. The molecule has 32 heavy (non-hydrogen) atoms. The molecule has 1 fully saturated rings. The first-order chi connectivity index (χ1) is 15.6. The highest BCUT2D eigenvalue weighted by Crippen LogP contribution is 2.44. The molecule has 2 heterocycles. The summed E-state index contributed by atoms with van der Waals surface area (Å²) in [5, 5.41) is 6.34. The summed E-state index contributed by atoms with van der Waals surface area (Å²) >= 11 is 0. The van der Waals surface area contributed by atoms with Gasteiger partial charge in [-0.3, -0.25) is 9.78 Å². The van der Waals surface area contributed by atoms with Crippen molar-refractivity contribution in [3.63, 3.8) is 0 Å². The van der Waals surface area contributed by atoms with Crippen molar-refractivity contribution in [3.8, 4) is 0 Å². The van der Waals surface area contributed by atoms with Gasteiger partial charge >= 0.3 is 0 Å². The SMILES string of the molecule is O=C(c1ccncc1)N1N=C2/C(=C\c3ccc(F)cc3)CCC[C@H]2[C@H]1c1ccc(F)cc1. The van der Waals surface area contributed by atoms with Crippen LogP contribution >= 0.6 is 0 Å². The number of hydrazone groups is 1. The maximum atomic E-state index is 13.6. The second-order valence-corrected chi connectivity index (χ2v) is 8.09. The number of nitrogens with zero attached hydrogens (tertiary/aromatic N) is 3. The first-order valence-electron chi connectivity index (χ1n) is 10.6. The van der Waals surface area contributed by atoms with E-state index in [1.165, 1.54) is 29.3 Å². The molecular weight excluding hydrogens is 408 g/mol. The number of amides is 1. The molecule has 0 bridgehead atoms. The first kappa shape index (κ1) is 20.2. The summed E-state index contributed by atoms with van der Waals surface area (Å²) in [6.07, 6.45) is 7.84. The fraction of sp³-hybridized carbons (Fsp3) is 0.192. The van der Waals surface area contributed by atoms with E-state index >= 15 is 0 Å². The monoisotopic (exact) mass is 429 g/mol. The molecule has 1 aromatic heterocycles. The van der Waals surface area contributed by atoms with Crippen molar-refractivity contribution in [1.29, 1.82) is 0 Å². The van der Waals surface area contributed by atoms with Gasteiger partial charge in [0.1, 0.15) is 11.6 Å². The average Bonchev–Trinajstić information content (AvgIpc) is 3.22. The number of carbonyl (C=O) groups excluding carboxylic acids is 1. The lowest BCUT2D eigenvalue weighted by Crippen LogP contribution is -2.31. The normalized spacial score (nSPS) is 21.4. The number of hydrogen-bond acceptors (Lipinski definition) is 3. The Kier molecular flexibility index (Phi) is 5.35. The Morgan fingerprint density at radius 1 is 0.938 bits per heavy atom. The maximum Gasteiger partial charge on any atom is 0.274 e. The molecular formula is C26H21F2N3O. The van der Waals surface area contributed by atoms with Gasteiger partial charge in [0.25, 0.3) is 5.91 Å². The number of carbonyl (C=O) groups is 1. The number of fused-ring (bicyclic) bond motifs is 1. The lowest BCUT2D eigenvalue weighted by Gasteiger charge is -2.29. The van der Waals surface area contributed by atoms with Crippen LogP contribution in [0.5, 0.6) is 0 Å². The van der Waals surface area contributed by atoms with Crippen molar-refractivity contribution < 1.29 is 13.6 Å². The zero-order valence-corrected chi connectivity index (χ0v) is 17.3. The fourth-order valence-electron chi connectivity index (χ4n) is 4.55. The third-order valence-electron chi connectivity index (χ3n) is 6.06. The number of aromatic nitrogens is 1. The zero-order valence-electron chi connectivity index (χ0n) is 17.3. The van der Waals surface area contributed by atoms with E-state index in [-0.39, 0.29) is 29.5 Å². The smallest absolute Gasteiger partial charge is 0.267 e. The number of halogens is 2. The number of pyridine rings is 1. The van der Waals surface area contributed by atoms with Crippen LogP contribution in [0.4, 0.5) is 8.78 Å². The summed E-state index contributed by atoms with van der Waals surface area (Å²) in [4.78, 5) is 17.4. The van der Waals surface area contributed by atoms with Crippen LogP contribution in [0.1, 0.15) is 46.8 Å². The van der Waals surface area contributed by atoms with Crippen LogP contribution in [0.2, 0.25) is 0 Å². The quantitative estimate of drug-likeness (QED) is 0.529. The van der Waals surface area contributed by atoms with Crippen molar-refractivity contribution in [2.45, 2.75) is 25.3 Å². The van der Waals surface area contributed by atoms with Gasteiger partial charge in [-0.1, -0.05) is 24.3 Å². The molecule has 2 aliphatic rings. The van der Waals surface area contributed by atoms with Gasteiger partial charge in [-0.15, -0.1) is 0 Å². The molecule has 2 atom stereocenters. The maximum absolute atomic E-state index is 13.6. The van der Waals surface area contributed by atoms with E-state index in [0.717, 1.165) is 41.7 Å². The Morgan fingerprint density at radius 3 is 2.28 bits per heavy atom. The molecule has 160 valence electrons. The highest BCUT2D eigenvalue weighted by Gasteiger charge is 2.43. The minimum absolute atomic E-state index is 0.00620. The molecule has 2 aromatic carbocycles. The summed E-state index contributed by atoms with van der Waals surface area (Å²) in [5.74, 6) is -0.811. The van der Waals surface area contributed by atoms with E-state index in [2.05, 4.69) is 4.98 Å². The Bertz CT molecular complexity index is 1190. The van der Waals surface area contributed by atoms with Crippen LogP contribution in [0, 0.1) is 17.6 Å². The predicted octanol–water partition coefficient (Wildman–Crippen LogP) is 5.80. The van der Waals surface area contributed by atoms with Gasteiger partial charge in [0, 0.05) is 23.9 Å². The van der Waals surface area contributed by atoms with Gasteiger partial charge in [0.2, 0.25) is 0 Å². The van der Waals surface area contributed by atoms with E-state index in [9.17, 15) is 13.6 Å². The molecule has 0 spiro atoms. The fourth-order valence-corrected chi connectivity index (χ4v) is 4.55. The lowest BCUT2D eigenvalue weighted by atomic mass is 9.77. The van der Waals surface area contributed by atoms with Crippen LogP contribution in [0.15, 0.2) is 83.7 Å². The zero-order chi connectivity index (χ0) is 22.1. The van der Waals surface area contributed by atoms with Crippen LogP contribution in [-0.2, 0) is 0 Å². The number of rotatable bonds is 3. The van der Waals surface area contributed by atoms with Gasteiger partial charge < -0.3 is 0 Å². The lowest BCUT2D eigenvalue weighted by molar-refractivity contribution is 0.0680. The molecule has 3 aromatic rings. The molecule has 0 radical (unpaired) electrons. The molecule has 1 aliphatic heterocycles. The summed E-state index contributed by atoms with van der Waals surface area (Å²) in [5.41, 5.74) is 4.16. The molecule has 6 heteroatoms. The summed E-state index contributed by atoms with van der Waals surface area (Å²) in [6.45, 7) is 0. The predicted molar refractivity (Wildman–Crippen MR) is 119 cm³/mol. The third kappa shape index (κ3) is 3.84.